The molecule has 0 amide bonds. The molecule has 1 unspecified atom stereocenters. The molecule has 4 rings (SSSR count). The fourth-order valence-electron chi connectivity index (χ4n) is 5.89. The summed E-state index contributed by atoms with van der Waals surface area (Å²) in [5.41, 5.74) is 0.544. The largest absolute Gasteiger partial charge is 0.497 e. The molecule has 1 aromatic carbocycles. The fourth-order valence-corrected chi connectivity index (χ4v) is 5.89. The van der Waals surface area contributed by atoms with Crippen LogP contribution in [0, 0.1) is 22.7 Å². The summed E-state index contributed by atoms with van der Waals surface area (Å²) in [6.07, 6.45) is 5.59. The van der Waals surface area contributed by atoms with Crippen molar-refractivity contribution < 1.29 is 19.1 Å². The second kappa shape index (κ2) is 7.33. The van der Waals surface area contributed by atoms with Crippen LogP contribution in [0.15, 0.2) is 35.9 Å². The van der Waals surface area contributed by atoms with Crippen molar-refractivity contribution in [3.63, 3.8) is 0 Å². The quantitative estimate of drug-likeness (QED) is 0.500. The van der Waals surface area contributed by atoms with E-state index in [1.165, 1.54) is 5.57 Å². The highest BCUT2D eigenvalue weighted by Crippen LogP contribution is 2.57. The molecular weight excluding hydrogens is 376 g/mol. The lowest BCUT2D eigenvalue weighted by molar-refractivity contribution is -0.156. The van der Waals surface area contributed by atoms with E-state index in [-0.39, 0.29) is 22.9 Å². The number of carbonyl (C=O) groups is 2. The van der Waals surface area contributed by atoms with Crippen LogP contribution in [-0.2, 0) is 20.9 Å². The van der Waals surface area contributed by atoms with E-state index in [4.69, 9.17) is 9.47 Å². The smallest absolute Gasteiger partial charge is 0.150 e. The first-order valence-electron chi connectivity index (χ1n) is 11.1. The van der Waals surface area contributed by atoms with E-state index in [0.29, 0.717) is 31.8 Å². The van der Waals surface area contributed by atoms with Crippen LogP contribution in [0.3, 0.4) is 0 Å². The summed E-state index contributed by atoms with van der Waals surface area (Å²) in [5.74, 6) is 1.64. The maximum Gasteiger partial charge on any atom is 0.150 e. The lowest BCUT2D eigenvalue weighted by atomic mass is 9.55. The third-order valence-electron chi connectivity index (χ3n) is 7.64. The average molecular weight is 411 g/mol. The Morgan fingerprint density at radius 3 is 2.23 bits per heavy atom. The number of ether oxygens (including phenoxy) is 2. The van der Waals surface area contributed by atoms with Crippen molar-refractivity contribution in [3.05, 3.63) is 41.5 Å². The number of hydrogen-bond donors (Lipinski definition) is 0. The molecule has 0 aliphatic heterocycles. The Balaban J connectivity index is 1.65. The summed E-state index contributed by atoms with van der Waals surface area (Å²) in [4.78, 5) is 26.8. The van der Waals surface area contributed by atoms with Gasteiger partial charge >= 0.3 is 0 Å². The summed E-state index contributed by atoms with van der Waals surface area (Å²) in [5, 5.41) is 0. The first-order chi connectivity index (χ1) is 14.1. The molecule has 2 saturated carbocycles. The fraction of sp³-hybridized carbons (Fsp3) is 0.615. The molecule has 0 heterocycles. The Hall–Kier alpha value is -1.94. The average Bonchev–Trinajstić information content (AvgIpc) is 3.06. The highest BCUT2D eigenvalue weighted by atomic mass is 16.5. The van der Waals surface area contributed by atoms with Crippen molar-refractivity contribution in [1.82, 2.24) is 0 Å². The van der Waals surface area contributed by atoms with E-state index in [2.05, 4.69) is 19.9 Å². The maximum absolute atomic E-state index is 13.4. The topological polar surface area (TPSA) is 52.6 Å². The van der Waals surface area contributed by atoms with Crippen molar-refractivity contribution in [2.24, 2.45) is 22.7 Å². The second-order valence-electron chi connectivity index (χ2n) is 10.6. The van der Waals surface area contributed by atoms with Crippen LogP contribution >= 0.6 is 0 Å². The number of fused-ring (bicyclic) bond motifs is 1. The van der Waals surface area contributed by atoms with E-state index in [0.717, 1.165) is 24.2 Å². The number of carbonyl (C=O) groups excluding carboxylic acids is 2. The Labute approximate surface area is 180 Å². The van der Waals surface area contributed by atoms with Crippen molar-refractivity contribution in [1.29, 1.82) is 0 Å². The van der Waals surface area contributed by atoms with Gasteiger partial charge in [0, 0.05) is 18.8 Å². The molecule has 4 nitrogen and oxygen atoms in total. The monoisotopic (exact) mass is 410 g/mol. The third kappa shape index (κ3) is 3.53. The number of benzene rings is 1. The molecule has 0 saturated heterocycles. The minimum absolute atomic E-state index is 0.0769. The summed E-state index contributed by atoms with van der Waals surface area (Å²) in [6.45, 7) is 8.84. The van der Waals surface area contributed by atoms with Gasteiger partial charge in [0.25, 0.3) is 0 Å². The highest BCUT2D eigenvalue weighted by Gasteiger charge is 2.59. The SMILES string of the molecule is COc1ccc(COC2(C)CC3(C=C4[C@H](C)CC[C@H]42)C(=O)CC(C)(C)CC3=O)cc1. The molecule has 0 radical (unpaired) electrons. The van der Waals surface area contributed by atoms with Crippen LogP contribution in [0.5, 0.6) is 5.75 Å². The molecular formula is C26H34O4. The van der Waals surface area contributed by atoms with Gasteiger partial charge in [-0.25, -0.2) is 0 Å². The predicted octanol–water partition coefficient (Wildman–Crippen LogP) is 5.29. The molecule has 30 heavy (non-hydrogen) atoms. The number of hydrogen-bond acceptors (Lipinski definition) is 4. The van der Waals surface area contributed by atoms with Crippen LogP contribution in [0.1, 0.15) is 65.4 Å². The van der Waals surface area contributed by atoms with Crippen molar-refractivity contribution in [2.75, 3.05) is 7.11 Å². The molecule has 0 N–H and O–H groups in total. The van der Waals surface area contributed by atoms with Crippen molar-refractivity contribution in [3.8, 4) is 5.75 Å². The molecule has 162 valence electrons. The lowest BCUT2D eigenvalue weighted by Crippen LogP contribution is -2.55. The normalized spacial score (nSPS) is 32.1. The summed E-state index contributed by atoms with van der Waals surface area (Å²) < 4.78 is 11.8. The van der Waals surface area contributed by atoms with Crippen LogP contribution in [0.25, 0.3) is 0 Å². The summed E-state index contributed by atoms with van der Waals surface area (Å²) in [6, 6.07) is 7.88. The lowest BCUT2D eigenvalue weighted by Gasteiger charge is -2.50. The highest BCUT2D eigenvalue weighted by molar-refractivity contribution is 6.11. The van der Waals surface area contributed by atoms with Gasteiger partial charge < -0.3 is 9.47 Å². The molecule has 0 bridgehead atoms. The van der Waals surface area contributed by atoms with Gasteiger partial charge in [-0.3, -0.25) is 9.59 Å². The van der Waals surface area contributed by atoms with Crippen LogP contribution in [0.4, 0.5) is 0 Å². The summed E-state index contributed by atoms with van der Waals surface area (Å²) >= 11 is 0. The van der Waals surface area contributed by atoms with Gasteiger partial charge in [0.1, 0.15) is 11.2 Å². The van der Waals surface area contributed by atoms with Gasteiger partial charge in [-0.1, -0.05) is 44.6 Å². The van der Waals surface area contributed by atoms with E-state index < -0.39 is 11.0 Å². The first kappa shape index (κ1) is 21.3. The zero-order chi connectivity index (χ0) is 21.7. The molecule has 3 atom stereocenters. The zero-order valence-corrected chi connectivity index (χ0v) is 18.9. The predicted molar refractivity (Wildman–Crippen MR) is 116 cm³/mol. The third-order valence-corrected chi connectivity index (χ3v) is 7.64. The maximum atomic E-state index is 13.4. The molecule has 1 spiro atoms. The molecule has 1 aromatic rings. The van der Waals surface area contributed by atoms with Crippen molar-refractivity contribution in [2.45, 2.75) is 72.0 Å². The van der Waals surface area contributed by atoms with E-state index in [1.54, 1.807) is 7.11 Å². The molecule has 2 fully saturated rings. The summed E-state index contributed by atoms with van der Waals surface area (Å²) in [7, 11) is 1.66. The minimum Gasteiger partial charge on any atom is -0.497 e. The Morgan fingerprint density at radius 1 is 1.00 bits per heavy atom. The first-order valence-corrected chi connectivity index (χ1v) is 11.1. The van der Waals surface area contributed by atoms with Gasteiger partial charge in [0.2, 0.25) is 0 Å². The number of allylic oxidation sites excluding steroid dienone is 1. The van der Waals surface area contributed by atoms with E-state index in [1.807, 2.05) is 38.1 Å². The van der Waals surface area contributed by atoms with Gasteiger partial charge in [-0.15, -0.1) is 0 Å². The Kier molecular flexibility index (Phi) is 5.21. The second-order valence-corrected chi connectivity index (χ2v) is 10.6. The molecule has 0 aromatic heterocycles. The van der Waals surface area contributed by atoms with Gasteiger partial charge in [0.15, 0.2) is 11.6 Å². The van der Waals surface area contributed by atoms with Crippen LogP contribution in [0.2, 0.25) is 0 Å². The molecule has 3 aliphatic rings. The Bertz CT molecular complexity index is 859. The zero-order valence-electron chi connectivity index (χ0n) is 18.9. The minimum atomic E-state index is -1.01. The van der Waals surface area contributed by atoms with Gasteiger partial charge in [-0.2, -0.15) is 0 Å². The van der Waals surface area contributed by atoms with Crippen molar-refractivity contribution >= 4 is 11.6 Å². The van der Waals surface area contributed by atoms with Crippen LogP contribution in [-0.4, -0.2) is 24.3 Å². The van der Waals surface area contributed by atoms with E-state index in [9.17, 15) is 9.59 Å². The molecule has 4 heteroatoms. The van der Waals surface area contributed by atoms with Crippen LogP contribution < -0.4 is 4.74 Å². The van der Waals surface area contributed by atoms with Gasteiger partial charge in [0.05, 0.1) is 19.3 Å². The number of methoxy groups -OCH3 is 1. The standard InChI is InChI=1S/C26H34O4/c1-17-6-11-21-20(17)12-26(22(27)13-24(2,3)14-23(26)28)16-25(21,4)30-15-18-7-9-19(29-5)10-8-18/h7-10,12,17,21H,6,11,13-16H2,1-5H3/t17-,21-,25?/m1/s1. The molecule has 3 aliphatic carbocycles. The number of ketones is 2. The van der Waals surface area contributed by atoms with Gasteiger partial charge in [-0.05, 0) is 55.2 Å². The van der Waals surface area contributed by atoms with E-state index >= 15 is 0 Å². The number of Topliss-reactive ketones (excluding diaryl/α,β-unsaturated/α-hetero) is 2. The number of rotatable bonds is 4. The Morgan fingerprint density at radius 2 is 1.63 bits per heavy atom.